The highest BCUT2D eigenvalue weighted by Gasteiger charge is 2.42. The lowest BCUT2D eigenvalue weighted by Gasteiger charge is -2.38. The number of carboxylic acid groups (broad SMARTS) is 1. The Bertz CT molecular complexity index is 1390. The van der Waals surface area contributed by atoms with Crippen LogP contribution in [0.25, 0.3) is 0 Å². The molecule has 0 fully saturated rings. The lowest BCUT2D eigenvalue weighted by atomic mass is 10.0. The van der Waals surface area contributed by atoms with E-state index in [1.807, 2.05) is 36.4 Å². The van der Waals surface area contributed by atoms with Crippen molar-refractivity contribution in [2.75, 3.05) is 18.2 Å². The Morgan fingerprint density at radius 2 is 1.60 bits per heavy atom. The fourth-order valence-electron chi connectivity index (χ4n) is 4.93. The number of aliphatic carboxylic acids is 1. The van der Waals surface area contributed by atoms with E-state index in [1.54, 1.807) is 55.5 Å². The molecule has 11 heteroatoms. The molecule has 2 amide bonds. The van der Waals surface area contributed by atoms with Crippen LogP contribution in [0.3, 0.4) is 0 Å². The number of ether oxygens (including phenoxy) is 2. The zero-order chi connectivity index (χ0) is 30.1. The van der Waals surface area contributed by atoms with Gasteiger partial charge in [0.1, 0.15) is 30.1 Å². The predicted octanol–water partition coefficient (Wildman–Crippen LogP) is 3.82. The number of hydrazine groups is 1. The second-order valence-corrected chi connectivity index (χ2v) is 9.88. The first-order valence-electron chi connectivity index (χ1n) is 13.9. The number of nitrogens with zero attached hydrogens (tertiary/aromatic N) is 2. The molecule has 0 aliphatic carbocycles. The largest absolute Gasteiger partial charge is 0.489 e. The Morgan fingerprint density at radius 1 is 1.00 bits per heavy atom. The summed E-state index contributed by atoms with van der Waals surface area (Å²) in [6, 6.07) is 21.7. The van der Waals surface area contributed by atoms with Gasteiger partial charge in [-0.25, -0.2) is 14.8 Å². The lowest BCUT2D eigenvalue weighted by molar-refractivity contribution is -0.152. The molecule has 2 N–H and O–H groups in total. The van der Waals surface area contributed by atoms with Crippen LogP contribution in [0.1, 0.15) is 31.4 Å². The van der Waals surface area contributed by atoms with Gasteiger partial charge in [0.2, 0.25) is 5.91 Å². The van der Waals surface area contributed by atoms with E-state index >= 15 is 0 Å². The summed E-state index contributed by atoms with van der Waals surface area (Å²) in [6.07, 6.45) is 0.839. The molecule has 0 saturated carbocycles. The van der Waals surface area contributed by atoms with Gasteiger partial charge in [-0.2, -0.15) is 0 Å². The van der Waals surface area contributed by atoms with E-state index in [1.165, 1.54) is 6.92 Å². The maximum atomic E-state index is 14.3. The third kappa shape index (κ3) is 8.33. The average molecular weight is 610 g/mol. The van der Waals surface area contributed by atoms with Gasteiger partial charge in [-0.1, -0.05) is 72.8 Å². The van der Waals surface area contributed by atoms with Crippen molar-refractivity contribution < 1.29 is 33.8 Å². The second kappa shape index (κ2) is 15.7. The third-order valence-electron chi connectivity index (χ3n) is 6.93. The molecule has 3 atom stereocenters. The van der Waals surface area contributed by atoms with Gasteiger partial charge in [0.15, 0.2) is 6.04 Å². The zero-order valence-electron chi connectivity index (χ0n) is 24.0. The van der Waals surface area contributed by atoms with Crippen molar-refractivity contribution in [3.05, 3.63) is 96.1 Å². The first-order valence-corrected chi connectivity index (χ1v) is 13.9. The summed E-state index contributed by atoms with van der Waals surface area (Å²) in [5.74, 6) is -2.79. The van der Waals surface area contributed by atoms with E-state index in [0.29, 0.717) is 24.2 Å². The second-order valence-electron chi connectivity index (χ2n) is 9.88. The number of hydrogen-bond donors (Lipinski definition) is 2. The molecular formula is C32H36ClN3O7. The number of esters is 1. The van der Waals surface area contributed by atoms with Crippen LogP contribution in [0.4, 0.5) is 5.69 Å². The molecule has 4 rings (SSSR count). The number of carbonyl (C=O) groups excluding carboxylic acids is 3. The molecule has 1 heterocycles. The molecule has 228 valence electrons. The van der Waals surface area contributed by atoms with Gasteiger partial charge in [-0.05, 0) is 43.0 Å². The van der Waals surface area contributed by atoms with Gasteiger partial charge >= 0.3 is 11.9 Å². The van der Waals surface area contributed by atoms with Crippen LogP contribution in [0, 0.1) is 0 Å². The summed E-state index contributed by atoms with van der Waals surface area (Å²) in [5, 5.41) is 15.4. The molecule has 1 aliphatic rings. The Labute approximate surface area is 257 Å². The number of aryl methyl sites for hydroxylation is 1. The highest BCUT2D eigenvalue weighted by molar-refractivity contribution is 6.02. The van der Waals surface area contributed by atoms with Crippen LogP contribution in [0.5, 0.6) is 5.75 Å². The summed E-state index contributed by atoms with van der Waals surface area (Å²) in [6.45, 7) is 2.92. The number of carbonyl (C=O) groups is 4. The van der Waals surface area contributed by atoms with Gasteiger partial charge < -0.3 is 14.6 Å². The number of para-hydroxylation sites is 2. The molecule has 1 aliphatic heterocycles. The van der Waals surface area contributed by atoms with Crippen LogP contribution in [0.15, 0.2) is 84.9 Å². The summed E-state index contributed by atoms with van der Waals surface area (Å²) >= 11 is 0. The fraction of sp³-hybridized carbons (Fsp3) is 0.312. The molecule has 0 saturated heterocycles. The van der Waals surface area contributed by atoms with Crippen LogP contribution in [-0.2, 0) is 36.8 Å². The summed E-state index contributed by atoms with van der Waals surface area (Å²) in [7, 11) is 0. The number of rotatable bonds is 12. The third-order valence-corrected chi connectivity index (χ3v) is 6.93. The van der Waals surface area contributed by atoms with Gasteiger partial charge in [0.25, 0.3) is 5.91 Å². The number of nitrogens with one attached hydrogen (secondary N) is 1. The fourth-order valence-corrected chi connectivity index (χ4v) is 4.93. The van der Waals surface area contributed by atoms with Crippen molar-refractivity contribution in [3.8, 4) is 5.75 Å². The van der Waals surface area contributed by atoms with Crippen molar-refractivity contribution in [1.82, 2.24) is 10.3 Å². The van der Waals surface area contributed by atoms with Gasteiger partial charge in [-0.15, -0.1) is 12.4 Å². The Morgan fingerprint density at radius 3 is 2.21 bits per heavy atom. The first kappa shape index (κ1) is 33.1. The average Bonchev–Trinajstić information content (AvgIpc) is 3.12. The Kier molecular flexibility index (Phi) is 12.1. The van der Waals surface area contributed by atoms with Crippen LogP contribution >= 0.6 is 12.4 Å². The molecule has 3 aromatic carbocycles. The highest BCUT2D eigenvalue weighted by atomic mass is 35.5. The van der Waals surface area contributed by atoms with Crippen LogP contribution in [-0.4, -0.2) is 65.2 Å². The quantitative estimate of drug-likeness (QED) is 0.297. The SMILES string of the molecule is CCOC(=O)[C@H](CCc1ccccc1)N[C@H]1COc2ccccc2N(N(C(C)=O)[C@@H](Cc2ccccc2)C(=O)O)C1=O.Cl. The van der Waals surface area contributed by atoms with Gasteiger partial charge in [-0.3, -0.25) is 19.7 Å². The number of amides is 2. The first-order chi connectivity index (χ1) is 20.3. The van der Waals surface area contributed by atoms with Crippen molar-refractivity contribution in [2.24, 2.45) is 0 Å². The number of fused-ring (bicyclic) bond motifs is 1. The zero-order valence-corrected chi connectivity index (χ0v) is 24.9. The monoisotopic (exact) mass is 609 g/mol. The number of hydrogen-bond acceptors (Lipinski definition) is 7. The highest BCUT2D eigenvalue weighted by Crippen LogP contribution is 2.34. The summed E-state index contributed by atoms with van der Waals surface area (Å²) < 4.78 is 11.3. The Hall–Kier alpha value is -4.41. The van der Waals surface area contributed by atoms with E-state index in [0.717, 1.165) is 15.6 Å². The molecule has 0 radical (unpaired) electrons. The lowest BCUT2D eigenvalue weighted by Crippen LogP contribution is -2.62. The maximum Gasteiger partial charge on any atom is 0.328 e. The molecule has 0 aromatic heterocycles. The van der Waals surface area contributed by atoms with Gasteiger partial charge in [0.05, 0.1) is 6.61 Å². The van der Waals surface area contributed by atoms with Gasteiger partial charge in [0, 0.05) is 13.3 Å². The predicted molar refractivity (Wildman–Crippen MR) is 163 cm³/mol. The van der Waals surface area contributed by atoms with Crippen molar-refractivity contribution in [1.29, 1.82) is 0 Å². The summed E-state index contributed by atoms with van der Waals surface area (Å²) in [5.41, 5.74) is 1.92. The molecule has 0 unspecified atom stereocenters. The van der Waals surface area contributed by atoms with E-state index < -0.39 is 41.9 Å². The molecule has 0 spiro atoms. The number of halogens is 1. The standard InChI is InChI=1S/C32H35N3O7.ClH/c1-3-41-32(40)25(19-18-23-12-6-4-7-13-23)33-26-21-42-29-17-11-10-16-27(29)35(30(26)37)34(22(2)36)28(31(38)39)20-24-14-8-5-9-15-24;/h4-17,25-26,28,33H,3,18-21H2,1-2H3,(H,38,39);1H/t25-,26-,28-;/m0./s1. The number of anilines is 1. The number of benzene rings is 3. The minimum absolute atomic E-state index is 0. The molecular weight excluding hydrogens is 574 g/mol. The number of carboxylic acids is 1. The van der Waals surface area contributed by atoms with E-state index in [4.69, 9.17) is 9.47 Å². The molecule has 43 heavy (non-hydrogen) atoms. The van der Waals surface area contributed by atoms with Crippen LogP contribution < -0.4 is 15.1 Å². The van der Waals surface area contributed by atoms with Crippen molar-refractivity contribution in [3.63, 3.8) is 0 Å². The van der Waals surface area contributed by atoms with E-state index in [9.17, 15) is 24.3 Å². The normalized spacial score (nSPS) is 15.5. The van der Waals surface area contributed by atoms with Crippen molar-refractivity contribution >= 4 is 41.8 Å². The molecule has 3 aromatic rings. The van der Waals surface area contributed by atoms with E-state index in [-0.39, 0.29) is 37.7 Å². The molecule has 0 bridgehead atoms. The summed E-state index contributed by atoms with van der Waals surface area (Å²) in [4.78, 5) is 53.0. The van der Waals surface area contributed by atoms with Crippen LogP contribution in [0.2, 0.25) is 0 Å². The maximum absolute atomic E-state index is 14.3. The minimum atomic E-state index is -1.40. The smallest absolute Gasteiger partial charge is 0.328 e. The van der Waals surface area contributed by atoms with Crippen molar-refractivity contribution in [2.45, 2.75) is 51.2 Å². The Balaban J connectivity index is 0.00000506. The van der Waals surface area contributed by atoms with E-state index in [2.05, 4.69) is 5.32 Å². The topological polar surface area (TPSA) is 125 Å². The molecule has 10 nitrogen and oxygen atoms in total. The minimum Gasteiger partial charge on any atom is -0.489 e.